The van der Waals surface area contributed by atoms with Gasteiger partial charge in [-0.3, -0.25) is 14.2 Å². The number of benzene rings is 3. The molecule has 0 bridgehead atoms. The van der Waals surface area contributed by atoms with Crippen LogP contribution in [0.3, 0.4) is 0 Å². The van der Waals surface area contributed by atoms with Crippen LogP contribution in [0.25, 0.3) is 6.08 Å². The SMILES string of the molecule is COc1ccc(/C=c2/sc3n(c2=O)[C@H](c2ccc(OC)cc2)C(C(=O)Nc2ccccc2C)=C(C)N=3)cc1. The molecule has 38 heavy (non-hydrogen) atoms. The number of nitrogens with one attached hydrogen (secondary N) is 1. The highest BCUT2D eigenvalue weighted by atomic mass is 32.1. The molecular formula is C30H27N3O4S. The lowest BCUT2D eigenvalue weighted by atomic mass is 9.95. The van der Waals surface area contributed by atoms with Gasteiger partial charge < -0.3 is 14.8 Å². The minimum Gasteiger partial charge on any atom is -0.497 e. The fourth-order valence-electron chi connectivity index (χ4n) is 4.47. The number of methoxy groups -OCH3 is 2. The minimum absolute atomic E-state index is 0.209. The Hall–Kier alpha value is -4.43. The minimum atomic E-state index is -0.654. The van der Waals surface area contributed by atoms with Crippen molar-refractivity contribution in [1.82, 2.24) is 4.57 Å². The number of rotatable bonds is 6. The molecule has 1 aliphatic rings. The number of allylic oxidation sites excluding steroid dienone is 1. The van der Waals surface area contributed by atoms with E-state index in [1.54, 1.807) is 18.8 Å². The maximum atomic E-state index is 13.8. The first-order valence-corrected chi connectivity index (χ1v) is 12.9. The zero-order valence-electron chi connectivity index (χ0n) is 21.5. The first kappa shape index (κ1) is 25.2. The monoisotopic (exact) mass is 525 g/mol. The third kappa shape index (κ3) is 4.78. The molecule has 0 radical (unpaired) electrons. The van der Waals surface area contributed by atoms with Crippen LogP contribution in [-0.2, 0) is 4.79 Å². The highest BCUT2D eigenvalue weighted by Crippen LogP contribution is 2.32. The second kappa shape index (κ2) is 10.5. The lowest BCUT2D eigenvalue weighted by Crippen LogP contribution is -2.40. The number of hydrogen-bond acceptors (Lipinski definition) is 6. The van der Waals surface area contributed by atoms with E-state index in [2.05, 4.69) is 5.32 Å². The van der Waals surface area contributed by atoms with E-state index in [9.17, 15) is 9.59 Å². The van der Waals surface area contributed by atoms with Gasteiger partial charge >= 0.3 is 0 Å². The molecule has 5 rings (SSSR count). The summed E-state index contributed by atoms with van der Waals surface area (Å²) in [5, 5.41) is 3.03. The second-order valence-electron chi connectivity index (χ2n) is 8.90. The molecule has 0 fully saturated rings. The Balaban J connectivity index is 1.65. The molecule has 0 aliphatic carbocycles. The highest BCUT2D eigenvalue weighted by molar-refractivity contribution is 7.07. The normalized spacial score (nSPS) is 15.1. The number of ether oxygens (including phenoxy) is 2. The van der Waals surface area contributed by atoms with Crippen molar-refractivity contribution in [1.29, 1.82) is 0 Å². The number of aryl methyl sites for hydroxylation is 1. The van der Waals surface area contributed by atoms with E-state index in [1.807, 2.05) is 92.7 Å². The molecule has 1 aromatic heterocycles. The number of amides is 1. The van der Waals surface area contributed by atoms with Gasteiger partial charge in [0, 0.05) is 5.69 Å². The lowest BCUT2D eigenvalue weighted by molar-refractivity contribution is -0.113. The fourth-order valence-corrected chi connectivity index (χ4v) is 5.51. The predicted octanol–water partition coefficient (Wildman–Crippen LogP) is 4.20. The van der Waals surface area contributed by atoms with E-state index in [0.717, 1.165) is 22.4 Å². The Morgan fingerprint density at radius 1 is 0.947 bits per heavy atom. The molecule has 192 valence electrons. The van der Waals surface area contributed by atoms with Crippen LogP contribution in [0.2, 0.25) is 0 Å². The summed E-state index contributed by atoms with van der Waals surface area (Å²) in [5.74, 6) is 1.13. The zero-order chi connectivity index (χ0) is 26.8. The molecule has 0 spiro atoms. The molecule has 0 unspecified atom stereocenters. The number of hydrogen-bond donors (Lipinski definition) is 1. The topological polar surface area (TPSA) is 81.9 Å². The number of thiazole rings is 1. The smallest absolute Gasteiger partial charge is 0.271 e. The van der Waals surface area contributed by atoms with Crippen LogP contribution in [0.15, 0.2) is 93.9 Å². The van der Waals surface area contributed by atoms with Crippen molar-refractivity contribution in [3.05, 3.63) is 120 Å². The molecule has 3 aromatic carbocycles. The number of carbonyl (C=O) groups is 1. The van der Waals surface area contributed by atoms with Crippen LogP contribution in [0.4, 0.5) is 5.69 Å². The molecule has 0 saturated carbocycles. The number of anilines is 1. The van der Waals surface area contributed by atoms with Gasteiger partial charge in [0.15, 0.2) is 4.80 Å². The molecular weight excluding hydrogens is 498 g/mol. The summed E-state index contributed by atoms with van der Waals surface area (Å²) >= 11 is 1.30. The largest absolute Gasteiger partial charge is 0.497 e. The molecule has 7 nitrogen and oxygen atoms in total. The molecule has 1 N–H and O–H groups in total. The Labute approximate surface area is 224 Å². The van der Waals surface area contributed by atoms with Crippen molar-refractivity contribution in [3.63, 3.8) is 0 Å². The maximum absolute atomic E-state index is 13.8. The summed E-state index contributed by atoms with van der Waals surface area (Å²) in [6.07, 6.45) is 1.83. The highest BCUT2D eigenvalue weighted by Gasteiger charge is 2.32. The van der Waals surface area contributed by atoms with Crippen molar-refractivity contribution in [2.24, 2.45) is 4.99 Å². The van der Waals surface area contributed by atoms with E-state index in [0.29, 0.717) is 32.0 Å². The predicted molar refractivity (Wildman–Crippen MR) is 150 cm³/mol. The van der Waals surface area contributed by atoms with Crippen molar-refractivity contribution in [2.45, 2.75) is 19.9 Å². The van der Waals surface area contributed by atoms with Gasteiger partial charge in [-0.1, -0.05) is 53.8 Å². The van der Waals surface area contributed by atoms with Crippen LogP contribution in [-0.4, -0.2) is 24.7 Å². The first-order valence-electron chi connectivity index (χ1n) is 12.1. The van der Waals surface area contributed by atoms with E-state index in [1.165, 1.54) is 11.3 Å². The van der Waals surface area contributed by atoms with Gasteiger partial charge in [-0.15, -0.1) is 0 Å². The van der Waals surface area contributed by atoms with Gasteiger partial charge in [0.2, 0.25) is 0 Å². The number of aromatic nitrogens is 1. The van der Waals surface area contributed by atoms with Crippen molar-refractivity contribution < 1.29 is 14.3 Å². The quantitative estimate of drug-likeness (QED) is 0.409. The average Bonchev–Trinajstić information content (AvgIpc) is 3.23. The van der Waals surface area contributed by atoms with Gasteiger partial charge in [-0.25, -0.2) is 4.99 Å². The van der Waals surface area contributed by atoms with Crippen LogP contribution in [0.1, 0.15) is 29.7 Å². The van der Waals surface area contributed by atoms with E-state index in [-0.39, 0.29) is 11.5 Å². The lowest BCUT2D eigenvalue weighted by Gasteiger charge is -2.25. The van der Waals surface area contributed by atoms with E-state index >= 15 is 0 Å². The Kier molecular flexibility index (Phi) is 6.98. The van der Waals surface area contributed by atoms with E-state index in [4.69, 9.17) is 14.5 Å². The summed E-state index contributed by atoms with van der Waals surface area (Å²) in [7, 11) is 3.21. The Bertz CT molecular complexity index is 1720. The van der Waals surface area contributed by atoms with Gasteiger partial charge in [-0.2, -0.15) is 0 Å². The van der Waals surface area contributed by atoms with Gasteiger partial charge in [0.25, 0.3) is 11.5 Å². The second-order valence-corrected chi connectivity index (χ2v) is 9.91. The summed E-state index contributed by atoms with van der Waals surface area (Å²) in [5.41, 5.74) is 4.08. The number of fused-ring (bicyclic) bond motifs is 1. The van der Waals surface area contributed by atoms with Crippen LogP contribution in [0.5, 0.6) is 11.5 Å². The van der Waals surface area contributed by atoms with Crippen LogP contribution < -0.4 is 29.7 Å². The molecule has 1 aliphatic heterocycles. The van der Waals surface area contributed by atoms with Gasteiger partial charge in [0.05, 0.1) is 36.1 Å². The average molecular weight is 526 g/mol. The molecule has 2 heterocycles. The van der Waals surface area contributed by atoms with Crippen molar-refractivity contribution >= 4 is 29.0 Å². The Morgan fingerprint density at radius 3 is 2.21 bits per heavy atom. The van der Waals surface area contributed by atoms with Crippen molar-refractivity contribution in [3.8, 4) is 11.5 Å². The molecule has 8 heteroatoms. The zero-order valence-corrected chi connectivity index (χ0v) is 22.3. The van der Waals surface area contributed by atoms with Crippen molar-refractivity contribution in [2.75, 3.05) is 19.5 Å². The number of carbonyl (C=O) groups excluding carboxylic acids is 1. The summed E-state index contributed by atoms with van der Waals surface area (Å²) < 4.78 is 12.7. The third-order valence-electron chi connectivity index (χ3n) is 6.50. The van der Waals surface area contributed by atoms with Gasteiger partial charge in [0.1, 0.15) is 11.5 Å². The fraction of sp³-hybridized carbons (Fsp3) is 0.167. The molecule has 0 saturated heterocycles. The van der Waals surface area contributed by atoms with Gasteiger partial charge in [-0.05, 0) is 66.9 Å². The standard InChI is InChI=1S/C30H27N3O4S/c1-18-7-5-6-8-24(18)32-28(34)26-19(2)31-30-33(27(26)21-11-15-23(37-4)16-12-21)29(35)25(38-30)17-20-9-13-22(36-3)14-10-20/h5-17,27H,1-4H3,(H,32,34)/b25-17+/t27-/m1/s1. The summed E-state index contributed by atoms with van der Waals surface area (Å²) in [4.78, 5) is 32.8. The third-order valence-corrected chi connectivity index (χ3v) is 7.49. The summed E-state index contributed by atoms with van der Waals surface area (Å²) in [6, 6.07) is 21.8. The molecule has 1 atom stereocenters. The molecule has 4 aromatic rings. The van der Waals surface area contributed by atoms with Crippen LogP contribution in [0, 0.1) is 6.92 Å². The summed E-state index contributed by atoms with van der Waals surface area (Å²) in [6.45, 7) is 3.75. The Morgan fingerprint density at radius 2 is 1.58 bits per heavy atom. The van der Waals surface area contributed by atoms with E-state index < -0.39 is 6.04 Å². The number of para-hydroxylation sites is 1. The first-order chi connectivity index (χ1) is 18.4. The molecule has 1 amide bonds. The maximum Gasteiger partial charge on any atom is 0.271 e. The number of nitrogens with zero attached hydrogens (tertiary/aromatic N) is 2. The van der Waals surface area contributed by atoms with Crippen LogP contribution >= 0.6 is 11.3 Å².